The lowest BCUT2D eigenvalue weighted by molar-refractivity contribution is 0.0660. The van der Waals surface area contributed by atoms with Gasteiger partial charge in [-0.2, -0.15) is 0 Å². The molecule has 1 aromatic heterocycles. The van der Waals surface area contributed by atoms with Crippen LogP contribution in [0, 0.1) is 19.8 Å². The smallest absolute Gasteiger partial charge is 0.289 e. The van der Waals surface area contributed by atoms with Gasteiger partial charge in [0.25, 0.3) is 5.91 Å². The first-order valence-electron chi connectivity index (χ1n) is 8.04. The largest absolute Gasteiger partial charge is 0.450 e. The Morgan fingerprint density at radius 3 is 2.68 bits per heavy atom. The predicted octanol–water partition coefficient (Wildman–Crippen LogP) is 3.12. The summed E-state index contributed by atoms with van der Waals surface area (Å²) in [6, 6.07) is 6.05. The molecule has 0 atom stereocenters. The summed E-state index contributed by atoms with van der Waals surface area (Å²) in [6.45, 7) is 6.67. The normalized spacial score (nSPS) is 16.4. The van der Waals surface area contributed by atoms with Crippen molar-refractivity contribution >= 4 is 16.9 Å². The molecule has 0 spiro atoms. The molecule has 4 heteroatoms. The van der Waals surface area contributed by atoms with Crippen molar-refractivity contribution in [1.82, 2.24) is 10.2 Å². The van der Waals surface area contributed by atoms with Gasteiger partial charge in [0.15, 0.2) is 5.76 Å². The van der Waals surface area contributed by atoms with Crippen molar-refractivity contribution in [3.8, 4) is 0 Å². The molecule has 0 aliphatic carbocycles. The molecule has 1 aliphatic heterocycles. The van der Waals surface area contributed by atoms with Crippen LogP contribution in [-0.2, 0) is 0 Å². The molecule has 118 valence electrons. The van der Waals surface area contributed by atoms with E-state index in [2.05, 4.69) is 5.32 Å². The fraction of sp³-hybridized carbons (Fsp3) is 0.500. The highest BCUT2D eigenvalue weighted by Gasteiger charge is 2.27. The fourth-order valence-electron chi connectivity index (χ4n) is 3.36. The van der Waals surface area contributed by atoms with Crippen molar-refractivity contribution in [2.75, 3.05) is 26.7 Å². The van der Waals surface area contributed by atoms with E-state index in [1.54, 1.807) is 0 Å². The molecule has 0 radical (unpaired) electrons. The molecule has 0 unspecified atom stereocenters. The summed E-state index contributed by atoms with van der Waals surface area (Å²) in [5.41, 5.74) is 2.88. The number of para-hydroxylation sites is 1. The fourth-order valence-corrected chi connectivity index (χ4v) is 3.36. The first-order chi connectivity index (χ1) is 10.6. The maximum Gasteiger partial charge on any atom is 0.289 e. The number of fused-ring (bicyclic) bond motifs is 1. The van der Waals surface area contributed by atoms with E-state index in [1.807, 2.05) is 44.0 Å². The van der Waals surface area contributed by atoms with E-state index in [9.17, 15) is 4.79 Å². The van der Waals surface area contributed by atoms with Crippen molar-refractivity contribution in [3.05, 3.63) is 35.1 Å². The van der Waals surface area contributed by atoms with Gasteiger partial charge in [-0.05, 0) is 51.8 Å². The van der Waals surface area contributed by atoms with E-state index < -0.39 is 0 Å². The molecule has 0 bridgehead atoms. The molecule has 1 amide bonds. The monoisotopic (exact) mass is 300 g/mol. The van der Waals surface area contributed by atoms with Crippen molar-refractivity contribution in [2.45, 2.75) is 26.7 Å². The van der Waals surface area contributed by atoms with E-state index in [1.165, 1.54) is 0 Å². The molecule has 0 saturated carbocycles. The van der Waals surface area contributed by atoms with Crippen LogP contribution >= 0.6 is 0 Å². The van der Waals surface area contributed by atoms with Crippen molar-refractivity contribution in [2.24, 2.45) is 5.92 Å². The Labute approximate surface area is 131 Å². The van der Waals surface area contributed by atoms with Gasteiger partial charge in [-0.3, -0.25) is 4.79 Å². The van der Waals surface area contributed by atoms with Gasteiger partial charge in [-0.1, -0.05) is 18.2 Å². The highest BCUT2D eigenvalue weighted by Crippen LogP contribution is 2.29. The number of nitrogens with one attached hydrogen (secondary N) is 1. The number of amides is 1. The van der Waals surface area contributed by atoms with Crippen LogP contribution in [0.25, 0.3) is 11.0 Å². The highest BCUT2D eigenvalue weighted by atomic mass is 16.3. The van der Waals surface area contributed by atoms with Crippen LogP contribution in [0.3, 0.4) is 0 Å². The first-order valence-corrected chi connectivity index (χ1v) is 8.04. The minimum absolute atomic E-state index is 0.0380. The summed E-state index contributed by atoms with van der Waals surface area (Å²) in [5, 5.41) is 4.27. The molecule has 2 aromatic rings. The van der Waals surface area contributed by atoms with Gasteiger partial charge < -0.3 is 14.6 Å². The Bertz CT molecular complexity index is 682. The number of nitrogens with zero attached hydrogens (tertiary/aromatic N) is 1. The molecular weight excluding hydrogens is 276 g/mol. The molecule has 1 aromatic carbocycles. The van der Waals surface area contributed by atoms with Crippen molar-refractivity contribution in [1.29, 1.82) is 0 Å². The average molecular weight is 300 g/mol. The highest BCUT2D eigenvalue weighted by molar-refractivity contribution is 5.99. The second kappa shape index (κ2) is 6.13. The van der Waals surface area contributed by atoms with E-state index in [4.69, 9.17) is 4.42 Å². The molecule has 1 N–H and O–H groups in total. The van der Waals surface area contributed by atoms with Gasteiger partial charge >= 0.3 is 0 Å². The SMILES string of the molecule is CNCC1CCN(C(=O)c2oc3c(C)cccc3c2C)CC1. The Kier molecular flexibility index (Phi) is 4.21. The second-order valence-electron chi connectivity index (χ2n) is 6.30. The summed E-state index contributed by atoms with van der Waals surface area (Å²) in [7, 11) is 1.98. The van der Waals surface area contributed by atoms with Gasteiger partial charge in [0.05, 0.1) is 0 Å². The number of carbonyl (C=O) groups is 1. The van der Waals surface area contributed by atoms with E-state index in [0.717, 1.165) is 54.6 Å². The summed E-state index contributed by atoms with van der Waals surface area (Å²) >= 11 is 0. The second-order valence-corrected chi connectivity index (χ2v) is 6.30. The summed E-state index contributed by atoms with van der Waals surface area (Å²) in [4.78, 5) is 14.7. The summed E-state index contributed by atoms with van der Waals surface area (Å²) in [6.07, 6.45) is 2.12. The molecule has 22 heavy (non-hydrogen) atoms. The van der Waals surface area contributed by atoms with E-state index >= 15 is 0 Å². The zero-order chi connectivity index (χ0) is 15.7. The number of likely N-dealkylation sites (tertiary alicyclic amines) is 1. The summed E-state index contributed by atoms with van der Waals surface area (Å²) in [5.74, 6) is 1.22. The molecule has 3 rings (SSSR count). The van der Waals surface area contributed by atoms with Gasteiger partial charge in [0.2, 0.25) is 0 Å². The number of rotatable bonds is 3. The van der Waals surface area contributed by atoms with Crippen molar-refractivity contribution in [3.63, 3.8) is 0 Å². The average Bonchev–Trinajstić information content (AvgIpc) is 2.87. The van der Waals surface area contributed by atoms with Crippen LogP contribution < -0.4 is 5.32 Å². The number of carbonyl (C=O) groups excluding carboxylic acids is 1. The Morgan fingerprint density at radius 1 is 1.32 bits per heavy atom. The number of benzene rings is 1. The number of hydrogen-bond donors (Lipinski definition) is 1. The zero-order valence-electron chi connectivity index (χ0n) is 13.6. The molecular formula is C18H24N2O2. The Balaban J connectivity index is 1.81. The minimum Gasteiger partial charge on any atom is -0.450 e. The number of aryl methyl sites for hydroxylation is 2. The molecule has 1 fully saturated rings. The molecule has 4 nitrogen and oxygen atoms in total. The van der Waals surface area contributed by atoms with Crippen LogP contribution in [0.4, 0.5) is 0 Å². The van der Waals surface area contributed by atoms with Crippen LogP contribution in [0.2, 0.25) is 0 Å². The quantitative estimate of drug-likeness (QED) is 0.947. The van der Waals surface area contributed by atoms with Crippen LogP contribution in [0.1, 0.15) is 34.5 Å². The maximum absolute atomic E-state index is 12.8. The Hall–Kier alpha value is -1.81. The first kappa shape index (κ1) is 15.1. The molecule has 2 heterocycles. The zero-order valence-corrected chi connectivity index (χ0v) is 13.6. The van der Waals surface area contributed by atoms with Crippen LogP contribution in [0.5, 0.6) is 0 Å². The third-order valence-electron chi connectivity index (χ3n) is 4.75. The third-order valence-corrected chi connectivity index (χ3v) is 4.75. The summed E-state index contributed by atoms with van der Waals surface area (Å²) < 4.78 is 5.92. The topological polar surface area (TPSA) is 45.5 Å². The minimum atomic E-state index is 0.0380. The number of furan rings is 1. The number of hydrogen-bond acceptors (Lipinski definition) is 3. The molecule has 1 aliphatic rings. The maximum atomic E-state index is 12.8. The van der Waals surface area contributed by atoms with Gasteiger partial charge in [-0.15, -0.1) is 0 Å². The van der Waals surface area contributed by atoms with E-state index in [-0.39, 0.29) is 5.91 Å². The molecule has 1 saturated heterocycles. The number of piperidine rings is 1. The van der Waals surface area contributed by atoms with Crippen LogP contribution in [-0.4, -0.2) is 37.5 Å². The standard InChI is InChI=1S/C18H24N2O2/c1-12-5-4-6-15-13(2)17(22-16(12)15)18(21)20-9-7-14(8-10-20)11-19-3/h4-6,14,19H,7-11H2,1-3H3. The lowest BCUT2D eigenvalue weighted by atomic mass is 9.96. The third kappa shape index (κ3) is 2.63. The lowest BCUT2D eigenvalue weighted by Gasteiger charge is -2.31. The Morgan fingerprint density at radius 2 is 2.05 bits per heavy atom. The van der Waals surface area contributed by atoms with E-state index in [0.29, 0.717) is 11.7 Å². The van der Waals surface area contributed by atoms with Gasteiger partial charge in [-0.25, -0.2) is 0 Å². The predicted molar refractivity (Wildman–Crippen MR) is 88.2 cm³/mol. The van der Waals surface area contributed by atoms with Crippen molar-refractivity contribution < 1.29 is 9.21 Å². The van der Waals surface area contributed by atoms with Gasteiger partial charge in [0, 0.05) is 24.0 Å². The van der Waals surface area contributed by atoms with Gasteiger partial charge in [0.1, 0.15) is 5.58 Å². The lowest BCUT2D eigenvalue weighted by Crippen LogP contribution is -2.40. The van der Waals surface area contributed by atoms with Crippen LogP contribution in [0.15, 0.2) is 22.6 Å².